The number of benzene rings is 3. The van der Waals surface area contributed by atoms with Gasteiger partial charge in [-0.1, -0.05) is 48.5 Å². The minimum absolute atomic E-state index is 0.109. The molecule has 0 fully saturated rings. The van der Waals surface area contributed by atoms with E-state index >= 15 is 0 Å². The van der Waals surface area contributed by atoms with Gasteiger partial charge in [0, 0.05) is 5.39 Å². The van der Waals surface area contributed by atoms with Crippen LogP contribution in [0.1, 0.15) is 47.4 Å². The molecule has 1 aromatic heterocycles. The summed E-state index contributed by atoms with van der Waals surface area (Å²) in [6.07, 6.45) is 5.05. The third-order valence-corrected chi connectivity index (χ3v) is 6.26. The minimum Gasteiger partial charge on any atom is -0.489 e. The molecule has 0 radical (unpaired) electrons. The molecule has 1 N–H and O–H groups in total. The summed E-state index contributed by atoms with van der Waals surface area (Å²) in [7, 11) is 0. The van der Waals surface area contributed by atoms with Crippen molar-refractivity contribution in [2.24, 2.45) is 0 Å². The zero-order chi connectivity index (χ0) is 21.9. The highest BCUT2D eigenvalue weighted by atomic mass is 16.5. The van der Waals surface area contributed by atoms with Crippen LogP contribution < -0.4 is 4.74 Å². The maximum Gasteiger partial charge on any atom is 0.303 e. The molecule has 5 heteroatoms. The van der Waals surface area contributed by atoms with Crippen molar-refractivity contribution in [2.75, 3.05) is 0 Å². The molecule has 3 aromatic carbocycles. The van der Waals surface area contributed by atoms with Crippen LogP contribution >= 0.6 is 0 Å². The van der Waals surface area contributed by atoms with Gasteiger partial charge in [0.2, 0.25) is 0 Å². The molecule has 1 unspecified atom stereocenters. The summed E-state index contributed by atoms with van der Waals surface area (Å²) in [6, 6.07) is 22.7. The van der Waals surface area contributed by atoms with Crippen molar-refractivity contribution >= 4 is 16.9 Å². The van der Waals surface area contributed by atoms with Crippen molar-refractivity contribution in [1.82, 2.24) is 9.78 Å². The van der Waals surface area contributed by atoms with Crippen molar-refractivity contribution in [1.29, 1.82) is 0 Å². The van der Waals surface area contributed by atoms with Gasteiger partial charge in [-0.15, -0.1) is 0 Å². The van der Waals surface area contributed by atoms with Gasteiger partial charge in [-0.25, -0.2) is 0 Å². The fourth-order valence-electron chi connectivity index (χ4n) is 4.66. The number of hydrogen-bond donors (Lipinski definition) is 1. The minimum atomic E-state index is -0.731. The van der Waals surface area contributed by atoms with Gasteiger partial charge in [0.15, 0.2) is 0 Å². The van der Waals surface area contributed by atoms with Crippen molar-refractivity contribution in [3.05, 3.63) is 95.2 Å². The van der Waals surface area contributed by atoms with Crippen LogP contribution in [-0.2, 0) is 24.4 Å². The molecule has 0 bridgehead atoms. The van der Waals surface area contributed by atoms with E-state index in [0.717, 1.165) is 53.6 Å². The Kier molecular flexibility index (Phi) is 5.63. The fraction of sp³-hybridized carbons (Fsp3) is 0.259. The fourth-order valence-corrected chi connectivity index (χ4v) is 4.66. The first-order valence-corrected chi connectivity index (χ1v) is 11.1. The second kappa shape index (κ2) is 8.87. The molecule has 0 spiro atoms. The Labute approximate surface area is 187 Å². The molecule has 0 amide bonds. The predicted octanol–water partition coefficient (Wildman–Crippen LogP) is 5.56. The maximum atomic E-state index is 11.2. The molecular formula is C27H26N2O3. The smallest absolute Gasteiger partial charge is 0.303 e. The Balaban J connectivity index is 1.31. The largest absolute Gasteiger partial charge is 0.489 e. The van der Waals surface area contributed by atoms with Crippen molar-refractivity contribution in [3.8, 4) is 5.75 Å². The van der Waals surface area contributed by atoms with E-state index < -0.39 is 5.97 Å². The summed E-state index contributed by atoms with van der Waals surface area (Å²) in [5.74, 6) is 0.209. The standard InChI is InChI=1S/C27H26N2O3/c30-27(31)15-22-8-4-7-21-14-24(11-12-25(21)22)32-18-20-9-10-23-16-28-29(26(23)13-20)17-19-5-2-1-3-6-19/h1-3,5-6,9-14,16,22H,4,7-8,15,17-18H2,(H,30,31). The van der Waals surface area contributed by atoms with E-state index in [2.05, 4.69) is 47.6 Å². The lowest BCUT2D eigenvalue weighted by Gasteiger charge is -2.24. The monoisotopic (exact) mass is 426 g/mol. The molecule has 0 aliphatic heterocycles. The summed E-state index contributed by atoms with van der Waals surface area (Å²) >= 11 is 0. The molecule has 5 nitrogen and oxygen atoms in total. The van der Waals surface area contributed by atoms with Gasteiger partial charge >= 0.3 is 5.97 Å². The Morgan fingerprint density at radius 1 is 1.06 bits per heavy atom. The molecule has 162 valence electrons. The predicted molar refractivity (Wildman–Crippen MR) is 124 cm³/mol. The van der Waals surface area contributed by atoms with E-state index in [1.165, 1.54) is 11.1 Å². The first-order chi connectivity index (χ1) is 15.7. The molecule has 1 aliphatic carbocycles. The number of carbonyl (C=O) groups is 1. The highest BCUT2D eigenvalue weighted by Gasteiger charge is 2.22. The first kappa shape index (κ1) is 20.3. The number of carboxylic acid groups (broad SMARTS) is 1. The topological polar surface area (TPSA) is 64.3 Å². The van der Waals surface area contributed by atoms with Crippen LogP contribution in [0.3, 0.4) is 0 Å². The van der Waals surface area contributed by atoms with E-state index in [9.17, 15) is 9.90 Å². The molecule has 32 heavy (non-hydrogen) atoms. The van der Waals surface area contributed by atoms with Crippen LogP contribution in [0.4, 0.5) is 0 Å². The summed E-state index contributed by atoms with van der Waals surface area (Å²) in [6.45, 7) is 1.21. The van der Waals surface area contributed by atoms with Crippen molar-refractivity contribution < 1.29 is 14.6 Å². The van der Waals surface area contributed by atoms with Gasteiger partial charge in [0.25, 0.3) is 0 Å². The zero-order valence-corrected chi connectivity index (χ0v) is 17.9. The molecule has 4 aromatic rings. The van der Waals surface area contributed by atoms with Gasteiger partial charge in [-0.2, -0.15) is 5.10 Å². The molecule has 1 aliphatic rings. The van der Waals surface area contributed by atoms with Crippen LogP contribution in [0.25, 0.3) is 10.9 Å². The number of aromatic nitrogens is 2. The van der Waals surface area contributed by atoms with E-state index in [0.29, 0.717) is 6.61 Å². The second-order valence-electron chi connectivity index (χ2n) is 8.52. The van der Waals surface area contributed by atoms with Crippen LogP contribution in [0, 0.1) is 0 Å². The highest BCUT2D eigenvalue weighted by Crippen LogP contribution is 2.36. The van der Waals surface area contributed by atoms with E-state index in [1.54, 1.807) is 0 Å². The Morgan fingerprint density at radius 3 is 2.78 bits per heavy atom. The van der Waals surface area contributed by atoms with Crippen LogP contribution in [0.2, 0.25) is 0 Å². The third kappa shape index (κ3) is 4.37. The van der Waals surface area contributed by atoms with Gasteiger partial charge in [0.1, 0.15) is 12.4 Å². The van der Waals surface area contributed by atoms with Gasteiger partial charge in [-0.05, 0) is 65.6 Å². The Morgan fingerprint density at radius 2 is 1.94 bits per heavy atom. The number of ether oxygens (including phenoxy) is 1. The van der Waals surface area contributed by atoms with Crippen LogP contribution in [0.5, 0.6) is 5.75 Å². The number of hydrogen-bond acceptors (Lipinski definition) is 3. The quantitative estimate of drug-likeness (QED) is 0.420. The molecule has 0 saturated carbocycles. The van der Waals surface area contributed by atoms with E-state index in [-0.39, 0.29) is 12.3 Å². The number of fused-ring (bicyclic) bond motifs is 2. The number of nitrogens with zero attached hydrogens (tertiary/aromatic N) is 2. The average Bonchev–Trinajstić information content (AvgIpc) is 3.20. The van der Waals surface area contributed by atoms with Crippen molar-refractivity contribution in [2.45, 2.75) is 44.8 Å². The Hall–Kier alpha value is -3.60. The van der Waals surface area contributed by atoms with Gasteiger partial charge in [0.05, 0.1) is 24.7 Å². The molecule has 1 heterocycles. The SMILES string of the molecule is O=C(O)CC1CCCc2cc(OCc3ccc4cnn(Cc5ccccc5)c4c3)ccc21. The van der Waals surface area contributed by atoms with Gasteiger partial charge < -0.3 is 9.84 Å². The number of carboxylic acids is 1. The van der Waals surface area contributed by atoms with Crippen molar-refractivity contribution in [3.63, 3.8) is 0 Å². The normalized spacial score (nSPS) is 15.4. The lowest BCUT2D eigenvalue weighted by atomic mass is 9.81. The van der Waals surface area contributed by atoms with Crippen LogP contribution in [0.15, 0.2) is 72.9 Å². The third-order valence-electron chi connectivity index (χ3n) is 6.26. The number of rotatable bonds is 7. The number of aliphatic carboxylic acids is 1. The van der Waals surface area contributed by atoms with E-state index in [1.807, 2.05) is 35.1 Å². The molecule has 0 saturated heterocycles. The van der Waals surface area contributed by atoms with Gasteiger partial charge in [-0.3, -0.25) is 9.48 Å². The van der Waals surface area contributed by atoms with Crippen LogP contribution in [-0.4, -0.2) is 20.9 Å². The summed E-state index contributed by atoms with van der Waals surface area (Å²) in [4.78, 5) is 11.2. The van der Waals surface area contributed by atoms with E-state index in [4.69, 9.17) is 4.74 Å². The highest BCUT2D eigenvalue weighted by molar-refractivity contribution is 5.79. The molecular weight excluding hydrogens is 400 g/mol. The second-order valence-corrected chi connectivity index (χ2v) is 8.52. The maximum absolute atomic E-state index is 11.2. The number of aryl methyl sites for hydroxylation is 1. The lowest BCUT2D eigenvalue weighted by Crippen LogP contribution is -2.13. The first-order valence-electron chi connectivity index (χ1n) is 11.1. The zero-order valence-electron chi connectivity index (χ0n) is 17.9. The summed E-state index contributed by atoms with van der Waals surface area (Å²) in [5.41, 5.74) is 5.79. The average molecular weight is 427 g/mol. The molecule has 5 rings (SSSR count). The summed E-state index contributed by atoms with van der Waals surface area (Å²) < 4.78 is 8.14. The Bertz CT molecular complexity index is 1250. The lowest BCUT2D eigenvalue weighted by molar-refractivity contribution is -0.137. The summed E-state index contributed by atoms with van der Waals surface area (Å²) in [5, 5.41) is 14.9. The molecule has 1 atom stereocenters.